The lowest BCUT2D eigenvalue weighted by Crippen LogP contribution is -2.27. The Morgan fingerprint density at radius 1 is 1.15 bits per heavy atom. The van der Waals surface area contributed by atoms with E-state index in [2.05, 4.69) is 22.5 Å². The van der Waals surface area contributed by atoms with Gasteiger partial charge in [-0.05, 0) is 63.0 Å². The molecular formula is C21H35N3O2. The number of aliphatic hydroxyl groups excluding tert-OH is 1. The first-order valence-electron chi connectivity index (χ1n) is 10.3. The van der Waals surface area contributed by atoms with Gasteiger partial charge < -0.3 is 15.7 Å². The topological polar surface area (TPSA) is 74.2 Å². The number of hydrogen-bond acceptors (Lipinski definition) is 4. The fourth-order valence-electron chi connectivity index (χ4n) is 3.65. The van der Waals surface area contributed by atoms with Gasteiger partial charge in [0.05, 0.1) is 11.9 Å². The van der Waals surface area contributed by atoms with Crippen LogP contribution >= 0.6 is 0 Å². The van der Waals surface area contributed by atoms with E-state index in [1.54, 1.807) is 6.20 Å². The molecule has 0 unspecified atom stereocenters. The normalized spacial score (nSPS) is 19.9. The predicted octanol–water partition coefficient (Wildman–Crippen LogP) is 4.59. The second-order valence-electron chi connectivity index (χ2n) is 7.49. The second kappa shape index (κ2) is 11.9. The van der Waals surface area contributed by atoms with E-state index in [1.165, 1.54) is 32.1 Å². The Hall–Kier alpha value is -1.62. The molecule has 1 aliphatic carbocycles. The number of amides is 1. The van der Waals surface area contributed by atoms with Gasteiger partial charge in [-0.2, -0.15) is 0 Å². The van der Waals surface area contributed by atoms with Gasteiger partial charge >= 0.3 is 0 Å². The quantitative estimate of drug-likeness (QED) is 0.504. The van der Waals surface area contributed by atoms with Crippen molar-refractivity contribution >= 4 is 17.4 Å². The Bertz CT molecular complexity index is 510. The molecule has 1 amide bonds. The van der Waals surface area contributed by atoms with Gasteiger partial charge in [-0.15, -0.1) is 0 Å². The highest BCUT2D eigenvalue weighted by atomic mass is 16.2. The number of rotatable bonds is 11. The van der Waals surface area contributed by atoms with Crippen LogP contribution in [-0.2, 0) is 4.79 Å². The third-order valence-corrected chi connectivity index (χ3v) is 5.36. The molecule has 1 heterocycles. The largest absolute Gasteiger partial charge is 0.396 e. The summed E-state index contributed by atoms with van der Waals surface area (Å²) in [5.41, 5.74) is 0.772. The van der Waals surface area contributed by atoms with Crippen LogP contribution in [0.2, 0.25) is 0 Å². The summed E-state index contributed by atoms with van der Waals surface area (Å²) in [6.45, 7) is 3.35. The summed E-state index contributed by atoms with van der Waals surface area (Å²) in [7, 11) is 0. The predicted molar refractivity (Wildman–Crippen MR) is 107 cm³/mol. The van der Waals surface area contributed by atoms with Crippen LogP contribution in [-0.4, -0.2) is 29.1 Å². The molecule has 1 aliphatic rings. The maximum absolute atomic E-state index is 12.5. The first kappa shape index (κ1) is 20.7. The third kappa shape index (κ3) is 7.32. The number of carbonyl (C=O) groups excluding carboxylic acids is 1. The molecule has 0 aliphatic heterocycles. The lowest BCUT2D eigenvalue weighted by molar-refractivity contribution is -0.121. The fraction of sp³-hybridized carbons (Fsp3) is 0.714. The van der Waals surface area contributed by atoms with E-state index in [0.717, 1.165) is 56.1 Å². The van der Waals surface area contributed by atoms with Crippen molar-refractivity contribution in [3.63, 3.8) is 0 Å². The van der Waals surface area contributed by atoms with E-state index >= 15 is 0 Å². The number of carbonyl (C=O) groups is 1. The SMILES string of the molecule is CCCCC1CCC(C(=O)Nc2ccc(NCCCCCO)nc2)CC1. The zero-order valence-corrected chi connectivity index (χ0v) is 16.2. The summed E-state index contributed by atoms with van der Waals surface area (Å²) in [5, 5.41) is 15.0. The minimum absolute atomic E-state index is 0.144. The molecule has 3 N–H and O–H groups in total. The standard InChI is InChI=1S/C21H35N3O2/c1-2-3-7-17-8-10-18(11-9-17)21(26)24-19-12-13-20(23-16-19)22-14-5-4-6-15-25/h12-13,16-18,25H,2-11,14-15H2,1H3,(H,22,23)(H,24,26). The lowest BCUT2D eigenvalue weighted by Gasteiger charge is -2.27. The number of anilines is 2. The number of hydrogen-bond donors (Lipinski definition) is 3. The molecule has 5 heteroatoms. The molecule has 26 heavy (non-hydrogen) atoms. The van der Waals surface area contributed by atoms with Crippen molar-refractivity contribution < 1.29 is 9.90 Å². The molecule has 5 nitrogen and oxygen atoms in total. The van der Waals surface area contributed by atoms with Crippen LogP contribution in [0.1, 0.15) is 71.1 Å². The van der Waals surface area contributed by atoms with Crippen LogP contribution in [0.4, 0.5) is 11.5 Å². The van der Waals surface area contributed by atoms with Crippen LogP contribution < -0.4 is 10.6 Å². The molecule has 1 saturated carbocycles. The van der Waals surface area contributed by atoms with E-state index in [-0.39, 0.29) is 18.4 Å². The zero-order valence-electron chi connectivity index (χ0n) is 16.2. The second-order valence-corrected chi connectivity index (χ2v) is 7.49. The summed E-state index contributed by atoms with van der Waals surface area (Å²) in [4.78, 5) is 16.8. The van der Waals surface area contributed by atoms with Crippen LogP contribution in [0.15, 0.2) is 18.3 Å². The Balaban J connectivity index is 1.69. The van der Waals surface area contributed by atoms with Crippen molar-refractivity contribution in [2.24, 2.45) is 11.8 Å². The Morgan fingerprint density at radius 2 is 1.96 bits per heavy atom. The Morgan fingerprint density at radius 3 is 2.62 bits per heavy atom. The molecule has 0 atom stereocenters. The summed E-state index contributed by atoms with van der Waals surface area (Å²) in [6, 6.07) is 3.82. The average Bonchev–Trinajstić information content (AvgIpc) is 2.68. The van der Waals surface area contributed by atoms with E-state index < -0.39 is 0 Å². The molecule has 1 aromatic heterocycles. The highest BCUT2D eigenvalue weighted by Gasteiger charge is 2.26. The number of aliphatic hydroxyl groups is 1. The number of nitrogens with zero attached hydrogens (tertiary/aromatic N) is 1. The lowest BCUT2D eigenvalue weighted by atomic mass is 9.79. The number of pyridine rings is 1. The molecule has 0 bridgehead atoms. The van der Waals surface area contributed by atoms with Crippen LogP contribution in [0.25, 0.3) is 0 Å². The van der Waals surface area contributed by atoms with Crippen LogP contribution in [0.5, 0.6) is 0 Å². The van der Waals surface area contributed by atoms with Gasteiger partial charge in [0.1, 0.15) is 5.82 Å². The highest BCUT2D eigenvalue weighted by Crippen LogP contribution is 2.32. The zero-order chi connectivity index (χ0) is 18.6. The number of aromatic nitrogens is 1. The third-order valence-electron chi connectivity index (χ3n) is 5.36. The number of nitrogens with one attached hydrogen (secondary N) is 2. The molecule has 0 spiro atoms. The fourth-order valence-corrected chi connectivity index (χ4v) is 3.65. The van der Waals surface area contributed by atoms with E-state index in [4.69, 9.17) is 5.11 Å². The van der Waals surface area contributed by atoms with E-state index in [9.17, 15) is 4.79 Å². The first-order valence-corrected chi connectivity index (χ1v) is 10.3. The van der Waals surface area contributed by atoms with Crippen molar-refractivity contribution in [3.05, 3.63) is 18.3 Å². The molecule has 146 valence electrons. The van der Waals surface area contributed by atoms with Crippen molar-refractivity contribution in [1.29, 1.82) is 0 Å². The summed E-state index contributed by atoms with van der Waals surface area (Å²) in [6.07, 6.45) is 12.9. The Kier molecular flexibility index (Phi) is 9.46. The maximum atomic E-state index is 12.5. The van der Waals surface area contributed by atoms with Gasteiger partial charge in [0.15, 0.2) is 0 Å². The summed E-state index contributed by atoms with van der Waals surface area (Å²) < 4.78 is 0. The van der Waals surface area contributed by atoms with E-state index in [0.29, 0.717) is 0 Å². The monoisotopic (exact) mass is 361 g/mol. The summed E-state index contributed by atoms with van der Waals surface area (Å²) >= 11 is 0. The van der Waals surface area contributed by atoms with Gasteiger partial charge in [-0.1, -0.05) is 26.2 Å². The van der Waals surface area contributed by atoms with Crippen molar-refractivity contribution in [3.8, 4) is 0 Å². The molecule has 1 fully saturated rings. The highest BCUT2D eigenvalue weighted by molar-refractivity contribution is 5.92. The van der Waals surface area contributed by atoms with Gasteiger partial charge in [0.2, 0.25) is 5.91 Å². The minimum atomic E-state index is 0.144. The smallest absolute Gasteiger partial charge is 0.227 e. The first-order chi connectivity index (χ1) is 12.7. The van der Waals surface area contributed by atoms with Crippen molar-refractivity contribution in [1.82, 2.24) is 4.98 Å². The molecule has 0 aromatic carbocycles. The minimum Gasteiger partial charge on any atom is -0.396 e. The van der Waals surface area contributed by atoms with Gasteiger partial charge in [0, 0.05) is 19.1 Å². The molecule has 0 saturated heterocycles. The number of unbranched alkanes of at least 4 members (excludes halogenated alkanes) is 3. The van der Waals surface area contributed by atoms with Gasteiger partial charge in [-0.3, -0.25) is 4.79 Å². The van der Waals surface area contributed by atoms with E-state index in [1.807, 2.05) is 12.1 Å². The van der Waals surface area contributed by atoms with Crippen LogP contribution in [0, 0.1) is 11.8 Å². The van der Waals surface area contributed by atoms with Crippen molar-refractivity contribution in [2.75, 3.05) is 23.8 Å². The van der Waals surface area contributed by atoms with Crippen LogP contribution in [0.3, 0.4) is 0 Å². The summed E-state index contributed by atoms with van der Waals surface area (Å²) in [5.74, 6) is 1.94. The molecular weight excluding hydrogens is 326 g/mol. The van der Waals surface area contributed by atoms with Gasteiger partial charge in [-0.25, -0.2) is 4.98 Å². The maximum Gasteiger partial charge on any atom is 0.227 e. The molecule has 0 radical (unpaired) electrons. The molecule has 2 rings (SSSR count). The Labute approximate surface area is 158 Å². The van der Waals surface area contributed by atoms with Crippen molar-refractivity contribution in [2.45, 2.75) is 71.1 Å². The molecule has 1 aromatic rings. The van der Waals surface area contributed by atoms with Gasteiger partial charge in [0.25, 0.3) is 0 Å². The average molecular weight is 362 g/mol.